The van der Waals surface area contributed by atoms with Gasteiger partial charge in [-0.3, -0.25) is 24.5 Å². The standard InChI is InChI=1S/C11H14N4O4/c1-7(4-12-8-2-3-8)5-14-6-9(15(18)19)10(16)13-11(14)17/h6,8,12H,1-5H2,(H,13,16,17). The van der Waals surface area contributed by atoms with E-state index >= 15 is 0 Å². The van der Waals surface area contributed by atoms with Crippen LogP contribution in [-0.4, -0.2) is 27.1 Å². The lowest BCUT2D eigenvalue weighted by Gasteiger charge is -2.08. The molecule has 0 radical (unpaired) electrons. The average molecular weight is 266 g/mol. The maximum absolute atomic E-state index is 11.5. The van der Waals surface area contributed by atoms with Crippen molar-refractivity contribution in [1.29, 1.82) is 0 Å². The van der Waals surface area contributed by atoms with Gasteiger partial charge in [-0.05, 0) is 18.4 Å². The van der Waals surface area contributed by atoms with Crippen molar-refractivity contribution in [2.24, 2.45) is 0 Å². The first-order valence-corrected chi connectivity index (χ1v) is 5.85. The van der Waals surface area contributed by atoms with E-state index in [0.717, 1.165) is 29.2 Å². The Bertz CT molecular complexity index is 626. The molecule has 8 nitrogen and oxygen atoms in total. The Labute approximate surface area is 107 Å². The number of nitrogens with one attached hydrogen (secondary N) is 2. The van der Waals surface area contributed by atoms with Gasteiger partial charge in [0.05, 0.1) is 11.1 Å². The summed E-state index contributed by atoms with van der Waals surface area (Å²) in [4.78, 5) is 34.5. The molecule has 1 aliphatic rings. The summed E-state index contributed by atoms with van der Waals surface area (Å²) in [7, 11) is 0. The molecule has 2 rings (SSSR count). The molecule has 1 aromatic heterocycles. The fourth-order valence-electron chi connectivity index (χ4n) is 1.62. The Morgan fingerprint density at radius 1 is 1.58 bits per heavy atom. The molecule has 102 valence electrons. The Hall–Kier alpha value is -2.22. The van der Waals surface area contributed by atoms with Crippen molar-refractivity contribution < 1.29 is 4.92 Å². The van der Waals surface area contributed by atoms with Gasteiger partial charge in [0, 0.05) is 19.1 Å². The minimum atomic E-state index is -0.993. The first kappa shape index (κ1) is 13.2. The Balaban J connectivity index is 2.12. The summed E-state index contributed by atoms with van der Waals surface area (Å²) >= 11 is 0. The van der Waals surface area contributed by atoms with Crippen LogP contribution in [0.25, 0.3) is 0 Å². The minimum Gasteiger partial charge on any atom is -0.310 e. The molecule has 19 heavy (non-hydrogen) atoms. The molecular formula is C11H14N4O4. The molecule has 1 heterocycles. The van der Waals surface area contributed by atoms with E-state index in [1.165, 1.54) is 0 Å². The zero-order valence-corrected chi connectivity index (χ0v) is 10.2. The first-order valence-electron chi connectivity index (χ1n) is 5.85. The summed E-state index contributed by atoms with van der Waals surface area (Å²) in [6.07, 6.45) is 3.22. The SMILES string of the molecule is C=C(CNC1CC1)Cn1cc([N+](=O)[O-])c(=O)[nH]c1=O. The predicted octanol–water partition coefficient (Wildman–Crippen LogP) is -0.247. The van der Waals surface area contributed by atoms with Crippen LogP contribution in [0.4, 0.5) is 5.69 Å². The van der Waals surface area contributed by atoms with Crippen LogP contribution in [0.5, 0.6) is 0 Å². The van der Waals surface area contributed by atoms with Crippen LogP contribution < -0.4 is 16.6 Å². The molecule has 0 amide bonds. The van der Waals surface area contributed by atoms with Crippen molar-refractivity contribution in [3.63, 3.8) is 0 Å². The third kappa shape index (κ3) is 3.38. The van der Waals surface area contributed by atoms with Gasteiger partial charge in [0.1, 0.15) is 0 Å². The number of nitrogens with zero attached hydrogens (tertiary/aromatic N) is 2. The molecule has 1 saturated carbocycles. The van der Waals surface area contributed by atoms with Gasteiger partial charge >= 0.3 is 16.9 Å². The molecule has 8 heteroatoms. The van der Waals surface area contributed by atoms with Gasteiger partial charge in [-0.15, -0.1) is 0 Å². The molecule has 0 spiro atoms. The number of aromatic amines is 1. The largest absolute Gasteiger partial charge is 0.350 e. The van der Waals surface area contributed by atoms with E-state index in [1.54, 1.807) is 0 Å². The predicted molar refractivity (Wildman–Crippen MR) is 68.1 cm³/mol. The van der Waals surface area contributed by atoms with Crippen molar-refractivity contribution in [3.05, 3.63) is 49.3 Å². The number of hydrogen-bond donors (Lipinski definition) is 2. The zero-order chi connectivity index (χ0) is 14.0. The maximum Gasteiger partial charge on any atom is 0.350 e. The van der Waals surface area contributed by atoms with Crippen LogP contribution in [0.3, 0.4) is 0 Å². The minimum absolute atomic E-state index is 0.135. The third-order valence-electron chi connectivity index (χ3n) is 2.80. The molecule has 0 aliphatic heterocycles. The average Bonchev–Trinajstić information content (AvgIpc) is 3.13. The molecule has 2 N–H and O–H groups in total. The summed E-state index contributed by atoms with van der Waals surface area (Å²) in [6, 6.07) is 0.512. The summed E-state index contributed by atoms with van der Waals surface area (Å²) in [5, 5.41) is 13.9. The fourth-order valence-corrected chi connectivity index (χ4v) is 1.62. The maximum atomic E-state index is 11.5. The monoisotopic (exact) mass is 266 g/mol. The van der Waals surface area contributed by atoms with E-state index < -0.39 is 21.9 Å². The number of rotatable bonds is 6. The summed E-state index contributed by atoms with van der Waals surface area (Å²) in [5.41, 5.74) is -1.60. The van der Waals surface area contributed by atoms with Gasteiger partial charge in [0.15, 0.2) is 0 Å². The van der Waals surface area contributed by atoms with Gasteiger partial charge in [-0.2, -0.15) is 0 Å². The van der Waals surface area contributed by atoms with Crippen LogP contribution in [0.1, 0.15) is 12.8 Å². The van der Waals surface area contributed by atoms with E-state index in [9.17, 15) is 19.7 Å². The summed E-state index contributed by atoms with van der Waals surface area (Å²) in [5.74, 6) is 0. The summed E-state index contributed by atoms with van der Waals surface area (Å²) < 4.78 is 1.08. The molecule has 0 unspecified atom stereocenters. The van der Waals surface area contributed by atoms with E-state index in [-0.39, 0.29) is 6.54 Å². The van der Waals surface area contributed by atoms with Crippen LogP contribution in [0, 0.1) is 10.1 Å². The second-order valence-electron chi connectivity index (χ2n) is 4.56. The summed E-state index contributed by atoms with van der Waals surface area (Å²) in [6.45, 7) is 4.48. The molecule has 0 atom stereocenters. The van der Waals surface area contributed by atoms with E-state index in [0.29, 0.717) is 12.6 Å². The van der Waals surface area contributed by atoms with E-state index in [2.05, 4.69) is 11.9 Å². The number of H-pyrrole nitrogens is 1. The second kappa shape index (κ2) is 5.19. The number of aromatic nitrogens is 2. The Morgan fingerprint density at radius 2 is 2.26 bits per heavy atom. The molecule has 0 saturated heterocycles. The second-order valence-corrected chi connectivity index (χ2v) is 4.56. The van der Waals surface area contributed by atoms with Gasteiger partial charge < -0.3 is 5.32 Å². The molecule has 1 fully saturated rings. The highest BCUT2D eigenvalue weighted by atomic mass is 16.6. The van der Waals surface area contributed by atoms with Crippen LogP contribution in [-0.2, 0) is 6.54 Å². The molecular weight excluding hydrogens is 252 g/mol. The van der Waals surface area contributed by atoms with Crippen molar-refractivity contribution in [3.8, 4) is 0 Å². The van der Waals surface area contributed by atoms with E-state index in [1.807, 2.05) is 4.98 Å². The molecule has 0 aromatic carbocycles. The van der Waals surface area contributed by atoms with Crippen molar-refractivity contribution in [2.45, 2.75) is 25.4 Å². The van der Waals surface area contributed by atoms with Crippen LogP contribution in [0.15, 0.2) is 27.9 Å². The van der Waals surface area contributed by atoms with Gasteiger partial charge in [0.2, 0.25) is 0 Å². The Kier molecular flexibility index (Phi) is 3.61. The highest BCUT2D eigenvalue weighted by Gasteiger charge is 2.20. The Morgan fingerprint density at radius 3 is 2.84 bits per heavy atom. The van der Waals surface area contributed by atoms with Crippen molar-refractivity contribution in [1.82, 2.24) is 14.9 Å². The van der Waals surface area contributed by atoms with Crippen LogP contribution >= 0.6 is 0 Å². The molecule has 0 bridgehead atoms. The van der Waals surface area contributed by atoms with Gasteiger partial charge in [-0.25, -0.2) is 4.79 Å². The number of hydrogen-bond acceptors (Lipinski definition) is 5. The fraction of sp³-hybridized carbons (Fsp3) is 0.455. The van der Waals surface area contributed by atoms with Crippen molar-refractivity contribution >= 4 is 5.69 Å². The van der Waals surface area contributed by atoms with Crippen molar-refractivity contribution in [2.75, 3.05) is 6.54 Å². The lowest BCUT2D eigenvalue weighted by atomic mass is 10.3. The van der Waals surface area contributed by atoms with Gasteiger partial charge in [0.25, 0.3) is 0 Å². The zero-order valence-electron chi connectivity index (χ0n) is 10.2. The molecule has 1 aliphatic carbocycles. The first-order chi connectivity index (χ1) is 8.97. The smallest absolute Gasteiger partial charge is 0.310 e. The lowest BCUT2D eigenvalue weighted by Crippen LogP contribution is -2.32. The topological polar surface area (TPSA) is 110 Å². The van der Waals surface area contributed by atoms with Gasteiger partial charge in [-0.1, -0.05) is 6.58 Å². The van der Waals surface area contributed by atoms with E-state index in [4.69, 9.17) is 0 Å². The molecule has 1 aromatic rings. The highest BCUT2D eigenvalue weighted by Crippen LogP contribution is 2.18. The number of nitro groups is 1. The highest BCUT2D eigenvalue weighted by molar-refractivity contribution is 5.21. The van der Waals surface area contributed by atoms with Crippen LogP contribution in [0.2, 0.25) is 0 Å². The quantitative estimate of drug-likeness (QED) is 0.419. The normalized spacial score (nSPS) is 14.3. The lowest BCUT2D eigenvalue weighted by molar-refractivity contribution is -0.386. The third-order valence-corrected chi connectivity index (χ3v) is 2.80.